The standard InChI is InChI=1S/C21H19N3O5/c1-27-21(26)14-6-8-15(9-7-14)22-13-20(25)24-17(19-5-3-11-29-19)12-16(23-24)18-4-2-10-28-18/h2-11,17,22H,12-13H2,1H3. The Labute approximate surface area is 166 Å². The van der Waals surface area contributed by atoms with Gasteiger partial charge >= 0.3 is 5.97 Å². The first-order chi connectivity index (χ1) is 14.2. The lowest BCUT2D eigenvalue weighted by Crippen LogP contribution is -2.32. The van der Waals surface area contributed by atoms with Crippen LogP contribution in [0.3, 0.4) is 0 Å². The molecule has 1 amide bonds. The monoisotopic (exact) mass is 393 g/mol. The molecule has 0 spiro atoms. The second-order valence-corrected chi connectivity index (χ2v) is 6.42. The van der Waals surface area contributed by atoms with Crippen LogP contribution in [-0.4, -0.2) is 36.3 Å². The maximum Gasteiger partial charge on any atom is 0.337 e. The zero-order valence-electron chi connectivity index (χ0n) is 15.7. The van der Waals surface area contributed by atoms with Crippen LogP contribution in [-0.2, 0) is 9.53 Å². The summed E-state index contributed by atoms with van der Waals surface area (Å²) in [5.74, 6) is 0.657. The fraction of sp³-hybridized carbons (Fsp3) is 0.190. The first-order valence-corrected chi connectivity index (χ1v) is 9.05. The van der Waals surface area contributed by atoms with Gasteiger partial charge in [0.25, 0.3) is 5.91 Å². The zero-order chi connectivity index (χ0) is 20.2. The molecule has 1 unspecified atom stereocenters. The van der Waals surface area contributed by atoms with Gasteiger partial charge in [-0.25, -0.2) is 9.80 Å². The van der Waals surface area contributed by atoms with Crippen LogP contribution in [0.15, 0.2) is 75.0 Å². The molecular weight excluding hydrogens is 374 g/mol. The third-order valence-electron chi connectivity index (χ3n) is 4.59. The van der Waals surface area contributed by atoms with Crippen molar-refractivity contribution in [2.24, 2.45) is 5.10 Å². The molecule has 3 heterocycles. The van der Waals surface area contributed by atoms with Gasteiger partial charge in [0.1, 0.15) is 23.3 Å². The Kier molecular flexibility index (Phi) is 5.15. The fourth-order valence-electron chi connectivity index (χ4n) is 3.14. The third kappa shape index (κ3) is 3.91. The van der Waals surface area contributed by atoms with E-state index in [1.54, 1.807) is 48.9 Å². The Morgan fingerprint density at radius 2 is 1.90 bits per heavy atom. The Morgan fingerprint density at radius 3 is 2.55 bits per heavy atom. The largest absolute Gasteiger partial charge is 0.467 e. The van der Waals surface area contributed by atoms with E-state index >= 15 is 0 Å². The fourth-order valence-corrected chi connectivity index (χ4v) is 3.14. The minimum atomic E-state index is -0.411. The van der Waals surface area contributed by atoms with Gasteiger partial charge in [-0.3, -0.25) is 4.79 Å². The van der Waals surface area contributed by atoms with Gasteiger partial charge in [0.05, 0.1) is 31.7 Å². The summed E-state index contributed by atoms with van der Waals surface area (Å²) in [5.41, 5.74) is 1.83. The van der Waals surface area contributed by atoms with E-state index < -0.39 is 5.97 Å². The number of amides is 1. The van der Waals surface area contributed by atoms with Crippen molar-refractivity contribution in [1.29, 1.82) is 0 Å². The van der Waals surface area contributed by atoms with Gasteiger partial charge in [-0.15, -0.1) is 0 Å². The Hall–Kier alpha value is -3.81. The highest BCUT2D eigenvalue weighted by Gasteiger charge is 2.35. The molecule has 1 N–H and O–H groups in total. The van der Waals surface area contributed by atoms with E-state index in [1.807, 2.05) is 12.1 Å². The number of anilines is 1. The van der Waals surface area contributed by atoms with Gasteiger partial charge < -0.3 is 18.9 Å². The number of hydrogen-bond acceptors (Lipinski definition) is 7. The van der Waals surface area contributed by atoms with Gasteiger partial charge in [-0.05, 0) is 48.5 Å². The van der Waals surface area contributed by atoms with Gasteiger partial charge in [0.2, 0.25) is 0 Å². The Bertz CT molecular complexity index is 1010. The highest BCUT2D eigenvalue weighted by atomic mass is 16.5. The zero-order valence-corrected chi connectivity index (χ0v) is 15.7. The molecule has 2 aromatic heterocycles. The SMILES string of the molecule is COC(=O)c1ccc(NCC(=O)N2N=C(c3ccco3)CC2c2ccco2)cc1. The molecule has 8 nitrogen and oxygen atoms in total. The van der Waals surface area contributed by atoms with E-state index in [0.717, 1.165) is 0 Å². The molecule has 29 heavy (non-hydrogen) atoms. The highest BCUT2D eigenvalue weighted by Crippen LogP contribution is 2.33. The van der Waals surface area contributed by atoms with Crippen molar-refractivity contribution in [1.82, 2.24) is 5.01 Å². The minimum absolute atomic E-state index is 0.0315. The number of furan rings is 2. The summed E-state index contributed by atoms with van der Waals surface area (Å²) in [4.78, 5) is 24.4. The molecule has 0 saturated carbocycles. The highest BCUT2D eigenvalue weighted by molar-refractivity contribution is 6.01. The summed E-state index contributed by atoms with van der Waals surface area (Å²) < 4.78 is 15.6. The topological polar surface area (TPSA) is 97.3 Å². The van der Waals surface area contributed by atoms with E-state index in [1.165, 1.54) is 12.1 Å². The molecule has 0 bridgehead atoms. The van der Waals surface area contributed by atoms with Crippen LogP contribution in [0.1, 0.15) is 34.3 Å². The minimum Gasteiger partial charge on any atom is -0.467 e. The van der Waals surface area contributed by atoms with Crippen molar-refractivity contribution in [2.45, 2.75) is 12.5 Å². The smallest absolute Gasteiger partial charge is 0.337 e. The van der Waals surface area contributed by atoms with Crippen molar-refractivity contribution >= 4 is 23.3 Å². The molecule has 0 saturated heterocycles. The number of carbonyl (C=O) groups is 2. The predicted octanol–water partition coefficient (Wildman–Crippen LogP) is 3.45. The first kappa shape index (κ1) is 18.5. The molecule has 8 heteroatoms. The van der Waals surface area contributed by atoms with Crippen LogP contribution in [0.2, 0.25) is 0 Å². The van der Waals surface area contributed by atoms with Gasteiger partial charge in [-0.1, -0.05) is 0 Å². The molecule has 1 aliphatic heterocycles. The number of hydrazone groups is 1. The number of hydrogen-bond donors (Lipinski definition) is 1. The van der Waals surface area contributed by atoms with Crippen molar-refractivity contribution in [3.05, 3.63) is 78.1 Å². The number of carbonyl (C=O) groups excluding carboxylic acids is 2. The van der Waals surface area contributed by atoms with Crippen LogP contribution >= 0.6 is 0 Å². The molecule has 0 radical (unpaired) electrons. The summed E-state index contributed by atoms with van der Waals surface area (Å²) in [7, 11) is 1.33. The lowest BCUT2D eigenvalue weighted by molar-refractivity contribution is -0.131. The quantitative estimate of drug-likeness (QED) is 0.644. The molecule has 4 rings (SSSR count). The lowest BCUT2D eigenvalue weighted by Gasteiger charge is -2.20. The van der Waals surface area contributed by atoms with Gasteiger partial charge in [-0.2, -0.15) is 5.10 Å². The van der Waals surface area contributed by atoms with E-state index in [0.29, 0.717) is 34.9 Å². The van der Waals surface area contributed by atoms with Crippen LogP contribution in [0.25, 0.3) is 0 Å². The van der Waals surface area contributed by atoms with Crippen LogP contribution in [0, 0.1) is 0 Å². The number of methoxy groups -OCH3 is 1. The number of benzene rings is 1. The summed E-state index contributed by atoms with van der Waals surface area (Å²) in [6.45, 7) is 0.0315. The third-order valence-corrected chi connectivity index (χ3v) is 4.59. The van der Waals surface area contributed by atoms with Crippen LogP contribution in [0.5, 0.6) is 0 Å². The Morgan fingerprint density at radius 1 is 1.14 bits per heavy atom. The molecule has 0 fully saturated rings. The number of nitrogens with one attached hydrogen (secondary N) is 1. The molecule has 0 aliphatic carbocycles. The average molecular weight is 393 g/mol. The number of ether oxygens (including phenoxy) is 1. The first-order valence-electron chi connectivity index (χ1n) is 9.05. The van der Waals surface area contributed by atoms with Crippen molar-refractivity contribution in [3.8, 4) is 0 Å². The van der Waals surface area contributed by atoms with Crippen LogP contribution < -0.4 is 5.32 Å². The van der Waals surface area contributed by atoms with E-state index in [9.17, 15) is 9.59 Å². The Balaban J connectivity index is 1.47. The van der Waals surface area contributed by atoms with E-state index in [2.05, 4.69) is 15.2 Å². The molecule has 3 aromatic rings. The van der Waals surface area contributed by atoms with E-state index in [4.69, 9.17) is 8.83 Å². The summed E-state index contributed by atoms with van der Waals surface area (Å²) in [5, 5.41) is 8.95. The van der Waals surface area contributed by atoms with E-state index in [-0.39, 0.29) is 18.5 Å². The normalized spacial score (nSPS) is 15.8. The summed E-state index contributed by atoms with van der Waals surface area (Å²) in [6, 6.07) is 13.6. The molecular formula is C21H19N3O5. The van der Waals surface area contributed by atoms with Gasteiger partial charge in [0.15, 0.2) is 0 Å². The molecule has 148 valence electrons. The summed E-state index contributed by atoms with van der Waals surface area (Å²) >= 11 is 0. The summed E-state index contributed by atoms with van der Waals surface area (Å²) in [6.07, 6.45) is 3.65. The lowest BCUT2D eigenvalue weighted by atomic mass is 10.1. The second-order valence-electron chi connectivity index (χ2n) is 6.42. The second kappa shape index (κ2) is 8.05. The van der Waals surface area contributed by atoms with Crippen molar-refractivity contribution in [3.63, 3.8) is 0 Å². The van der Waals surface area contributed by atoms with Crippen LogP contribution in [0.4, 0.5) is 5.69 Å². The van der Waals surface area contributed by atoms with Crippen molar-refractivity contribution < 1.29 is 23.2 Å². The molecule has 1 atom stereocenters. The number of rotatable bonds is 6. The number of esters is 1. The predicted molar refractivity (Wildman–Crippen MR) is 104 cm³/mol. The maximum absolute atomic E-state index is 12.9. The van der Waals surface area contributed by atoms with Gasteiger partial charge in [0, 0.05) is 12.1 Å². The molecule has 1 aromatic carbocycles. The number of nitrogens with zero attached hydrogens (tertiary/aromatic N) is 2. The maximum atomic E-state index is 12.9. The average Bonchev–Trinajstić information content (AvgIpc) is 3.51. The molecule has 1 aliphatic rings. The van der Waals surface area contributed by atoms with Crippen molar-refractivity contribution in [2.75, 3.05) is 19.0 Å².